The van der Waals surface area contributed by atoms with Crippen molar-refractivity contribution in [2.75, 3.05) is 7.05 Å². The molecule has 0 aliphatic carbocycles. The molecule has 2 amide bonds. The third-order valence-electron chi connectivity index (χ3n) is 3.52. The number of halogens is 1. The molecule has 1 aromatic heterocycles. The number of nitrogens with zero attached hydrogens (tertiary/aromatic N) is 2. The zero-order valence-electron chi connectivity index (χ0n) is 12.1. The SMILES string of the molecule is CN1C(=O)c2ccc(C(=O)OCc3cccnc3Cl)cc2C1=O. The maximum Gasteiger partial charge on any atom is 0.338 e. The van der Waals surface area contributed by atoms with Gasteiger partial charge >= 0.3 is 5.97 Å². The Labute approximate surface area is 136 Å². The highest BCUT2D eigenvalue weighted by molar-refractivity contribution is 6.30. The molecule has 7 heteroatoms. The van der Waals surface area contributed by atoms with E-state index in [9.17, 15) is 14.4 Å². The molecule has 0 bridgehead atoms. The van der Waals surface area contributed by atoms with Gasteiger partial charge in [-0.15, -0.1) is 0 Å². The second-order valence-corrected chi connectivity index (χ2v) is 5.32. The Balaban J connectivity index is 1.78. The number of pyridine rings is 1. The molecular weight excluding hydrogens is 320 g/mol. The summed E-state index contributed by atoms with van der Waals surface area (Å²) >= 11 is 5.89. The van der Waals surface area contributed by atoms with Crippen LogP contribution in [0.5, 0.6) is 0 Å². The molecule has 0 saturated heterocycles. The minimum Gasteiger partial charge on any atom is -0.457 e. The van der Waals surface area contributed by atoms with Crippen molar-refractivity contribution in [2.24, 2.45) is 0 Å². The number of rotatable bonds is 3. The Morgan fingerprint density at radius 1 is 1.22 bits per heavy atom. The molecule has 6 nitrogen and oxygen atoms in total. The van der Waals surface area contributed by atoms with Crippen LogP contribution in [0.25, 0.3) is 0 Å². The van der Waals surface area contributed by atoms with E-state index in [0.717, 1.165) is 4.90 Å². The van der Waals surface area contributed by atoms with Crippen LogP contribution >= 0.6 is 11.6 Å². The van der Waals surface area contributed by atoms with Gasteiger partial charge in [-0.2, -0.15) is 0 Å². The molecule has 1 aliphatic rings. The minimum absolute atomic E-state index is 0.0324. The van der Waals surface area contributed by atoms with Crippen LogP contribution in [0, 0.1) is 0 Å². The second kappa shape index (κ2) is 5.81. The Morgan fingerprint density at radius 3 is 2.70 bits per heavy atom. The van der Waals surface area contributed by atoms with Gasteiger partial charge in [-0.05, 0) is 24.3 Å². The summed E-state index contributed by atoms with van der Waals surface area (Å²) in [6.07, 6.45) is 1.53. The third-order valence-corrected chi connectivity index (χ3v) is 3.86. The fourth-order valence-corrected chi connectivity index (χ4v) is 2.42. The van der Waals surface area contributed by atoms with Gasteiger partial charge in [0.1, 0.15) is 11.8 Å². The van der Waals surface area contributed by atoms with E-state index in [4.69, 9.17) is 16.3 Å². The summed E-state index contributed by atoms with van der Waals surface area (Å²) in [6, 6.07) is 7.66. The molecule has 3 rings (SSSR count). The summed E-state index contributed by atoms with van der Waals surface area (Å²) in [4.78, 5) is 40.7. The van der Waals surface area contributed by atoms with Crippen molar-refractivity contribution >= 4 is 29.4 Å². The van der Waals surface area contributed by atoms with Crippen molar-refractivity contribution in [1.82, 2.24) is 9.88 Å². The van der Waals surface area contributed by atoms with E-state index in [1.165, 1.54) is 31.4 Å². The van der Waals surface area contributed by atoms with E-state index < -0.39 is 11.9 Å². The van der Waals surface area contributed by atoms with Crippen molar-refractivity contribution in [2.45, 2.75) is 6.61 Å². The Morgan fingerprint density at radius 2 is 1.96 bits per heavy atom. The van der Waals surface area contributed by atoms with Crippen LogP contribution in [0.2, 0.25) is 5.15 Å². The zero-order valence-corrected chi connectivity index (χ0v) is 12.8. The first kappa shape index (κ1) is 15.2. The molecule has 23 heavy (non-hydrogen) atoms. The topological polar surface area (TPSA) is 76.6 Å². The highest BCUT2D eigenvalue weighted by atomic mass is 35.5. The first-order chi connectivity index (χ1) is 11.0. The molecule has 2 aromatic rings. The molecular formula is C16H11ClN2O4. The van der Waals surface area contributed by atoms with Crippen LogP contribution in [-0.4, -0.2) is 34.7 Å². The smallest absolute Gasteiger partial charge is 0.338 e. The van der Waals surface area contributed by atoms with Gasteiger partial charge in [-0.25, -0.2) is 9.78 Å². The number of imide groups is 1. The van der Waals surface area contributed by atoms with Crippen LogP contribution < -0.4 is 0 Å². The Bertz CT molecular complexity index is 835. The van der Waals surface area contributed by atoms with E-state index in [2.05, 4.69) is 4.98 Å². The summed E-state index contributed by atoms with van der Waals surface area (Å²) in [6.45, 7) is -0.0324. The maximum atomic E-state index is 12.1. The van der Waals surface area contributed by atoms with Gasteiger partial charge in [0.15, 0.2) is 0 Å². The highest BCUT2D eigenvalue weighted by Gasteiger charge is 2.33. The molecule has 1 aromatic carbocycles. The standard InChI is InChI=1S/C16H11ClN2O4/c1-19-14(20)11-5-4-9(7-12(11)15(19)21)16(22)23-8-10-3-2-6-18-13(10)17/h2-7H,8H2,1H3. The lowest BCUT2D eigenvalue weighted by atomic mass is 10.1. The fraction of sp³-hybridized carbons (Fsp3) is 0.125. The average Bonchev–Trinajstić information content (AvgIpc) is 2.78. The lowest BCUT2D eigenvalue weighted by Crippen LogP contribution is -2.24. The van der Waals surface area contributed by atoms with Gasteiger partial charge in [0, 0.05) is 18.8 Å². The number of amides is 2. The normalized spacial score (nSPS) is 13.2. The van der Waals surface area contributed by atoms with Crippen molar-refractivity contribution in [3.05, 3.63) is 63.9 Å². The monoisotopic (exact) mass is 330 g/mol. The quantitative estimate of drug-likeness (QED) is 0.490. The van der Waals surface area contributed by atoms with Gasteiger partial charge < -0.3 is 4.74 Å². The number of benzene rings is 1. The molecule has 0 spiro atoms. The Hall–Kier alpha value is -2.73. The summed E-state index contributed by atoms with van der Waals surface area (Å²) in [5.74, 6) is -1.43. The van der Waals surface area contributed by atoms with Gasteiger partial charge in [0.2, 0.25) is 0 Å². The fourth-order valence-electron chi connectivity index (χ4n) is 2.24. The number of carbonyl (C=O) groups excluding carboxylic acids is 3. The molecule has 0 N–H and O–H groups in total. The number of carbonyl (C=O) groups is 3. The molecule has 2 heterocycles. The lowest BCUT2D eigenvalue weighted by molar-refractivity contribution is 0.0472. The van der Waals surface area contributed by atoms with Crippen LogP contribution in [-0.2, 0) is 11.3 Å². The number of hydrogen-bond donors (Lipinski definition) is 0. The van der Waals surface area contributed by atoms with Crippen LogP contribution in [0.4, 0.5) is 0 Å². The highest BCUT2D eigenvalue weighted by Crippen LogP contribution is 2.23. The number of hydrogen-bond acceptors (Lipinski definition) is 5. The van der Waals surface area contributed by atoms with E-state index in [1.807, 2.05) is 0 Å². The van der Waals surface area contributed by atoms with Crippen molar-refractivity contribution in [1.29, 1.82) is 0 Å². The predicted octanol–water partition coefficient (Wildman–Crippen LogP) is 2.32. The van der Waals surface area contributed by atoms with E-state index >= 15 is 0 Å². The number of aromatic nitrogens is 1. The summed E-state index contributed by atoms with van der Waals surface area (Å²) in [5, 5.41) is 0.261. The van der Waals surface area contributed by atoms with Gasteiger partial charge in [-0.3, -0.25) is 14.5 Å². The Kier molecular flexibility index (Phi) is 3.83. The van der Waals surface area contributed by atoms with Crippen LogP contribution in [0.1, 0.15) is 36.6 Å². The van der Waals surface area contributed by atoms with Crippen LogP contribution in [0.15, 0.2) is 36.5 Å². The molecule has 0 radical (unpaired) electrons. The molecule has 0 saturated carbocycles. The summed E-state index contributed by atoms with van der Waals surface area (Å²) in [5.41, 5.74) is 1.26. The number of ether oxygens (including phenoxy) is 1. The zero-order chi connectivity index (χ0) is 16.6. The van der Waals surface area contributed by atoms with E-state index in [0.29, 0.717) is 5.56 Å². The molecule has 1 aliphatic heterocycles. The number of esters is 1. The van der Waals surface area contributed by atoms with Crippen molar-refractivity contribution < 1.29 is 19.1 Å². The molecule has 0 unspecified atom stereocenters. The minimum atomic E-state index is -0.609. The van der Waals surface area contributed by atoms with Crippen LogP contribution in [0.3, 0.4) is 0 Å². The third kappa shape index (κ3) is 2.68. The summed E-state index contributed by atoms with van der Waals surface area (Å²) < 4.78 is 5.17. The first-order valence-corrected chi connectivity index (χ1v) is 7.10. The second-order valence-electron chi connectivity index (χ2n) is 4.96. The first-order valence-electron chi connectivity index (χ1n) is 6.72. The lowest BCUT2D eigenvalue weighted by Gasteiger charge is -2.06. The van der Waals surface area contributed by atoms with E-state index in [1.54, 1.807) is 12.1 Å². The van der Waals surface area contributed by atoms with Crippen molar-refractivity contribution in [3.8, 4) is 0 Å². The molecule has 0 fully saturated rings. The molecule has 116 valence electrons. The predicted molar refractivity (Wildman–Crippen MR) is 81.2 cm³/mol. The van der Waals surface area contributed by atoms with Gasteiger partial charge in [0.05, 0.1) is 16.7 Å². The van der Waals surface area contributed by atoms with Gasteiger partial charge in [-0.1, -0.05) is 17.7 Å². The largest absolute Gasteiger partial charge is 0.457 e. The number of fused-ring (bicyclic) bond motifs is 1. The van der Waals surface area contributed by atoms with Crippen molar-refractivity contribution in [3.63, 3.8) is 0 Å². The average molecular weight is 331 g/mol. The van der Waals surface area contributed by atoms with E-state index in [-0.39, 0.29) is 34.4 Å². The summed E-state index contributed by atoms with van der Waals surface area (Å²) in [7, 11) is 1.40. The van der Waals surface area contributed by atoms with Gasteiger partial charge in [0.25, 0.3) is 11.8 Å². The molecule has 0 atom stereocenters. The maximum absolute atomic E-state index is 12.1.